The van der Waals surface area contributed by atoms with Crippen LogP contribution in [0.4, 0.5) is 0 Å². The molecule has 0 aliphatic heterocycles. The van der Waals surface area contributed by atoms with Crippen LogP contribution in [0.15, 0.2) is 24.3 Å². The number of esters is 2. The van der Waals surface area contributed by atoms with Crippen molar-refractivity contribution in [1.29, 1.82) is 0 Å². The minimum absolute atomic E-state index is 0.231. The van der Waals surface area contributed by atoms with E-state index in [2.05, 4.69) is 0 Å². The van der Waals surface area contributed by atoms with E-state index in [0.717, 1.165) is 0 Å². The summed E-state index contributed by atoms with van der Waals surface area (Å²) in [5, 5.41) is 0. The number of hydrogen-bond donors (Lipinski definition) is 0. The summed E-state index contributed by atoms with van der Waals surface area (Å²) in [4.78, 5) is 22.7. The average Bonchev–Trinajstić information content (AvgIpc) is 2.30. The maximum Gasteiger partial charge on any atom is 0.341 e. The van der Waals surface area contributed by atoms with Crippen molar-refractivity contribution in [1.82, 2.24) is 0 Å². The SMILES string of the molecule is CCOC(=O)c1ccccc1OC(=O)CI. The predicted octanol–water partition coefficient (Wildman–Crippen LogP) is 2.20. The fourth-order valence-electron chi connectivity index (χ4n) is 1.08. The first-order valence-corrected chi connectivity index (χ1v) is 6.24. The smallest absolute Gasteiger partial charge is 0.341 e. The Balaban J connectivity index is 2.91. The fraction of sp³-hybridized carbons (Fsp3) is 0.273. The third-order valence-corrected chi connectivity index (χ3v) is 2.34. The minimum atomic E-state index is -0.487. The molecule has 0 atom stereocenters. The van der Waals surface area contributed by atoms with Crippen molar-refractivity contribution in [3.8, 4) is 5.75 Å². The zero-order chi connectivity index (χ0) is 12.0. The van der Waals surface area contributed by atoms with Crippen molar-refractivity contribution in [3.63, 3.8) is 0 Å². The van der Waals surface area contributed by atoms with E-state index in [1.165, 1.54) is 0 Å². The summed E-state index contributed by atoms with van der Waals surface area (Å²) in [6, 6.07) is 6.51. The second-order valence-corrected chi connectivity index (χ2v) is 3.59. The van der Waals surface area contributed by atoms with Gasteiger partial charge in [-0.05, 0) is 19.1 Å². The lowest BCUT2D eigenvalue weighted by molar-refractivity contribution is -0.131. The lowest BCUT2D eigenvalue weighted by atomic mass is 10.2. The summed E-state index contributed by atoms with van der Waals surface area (Å²) in [5.74, 6) is -0.640. The number of carbonyl (C=O) groups is 2. The Hall–Kier alpha value is -1.11. The van der Waals surface area contributed by atoms with Gasteiger partial charge in [0.15, 0.2) is 0 Å². The number of hydrogen-bond acceptors (Lipinski definition) is 4. The molecule has 0 fully saturated rings. The van der Waals surface area contributed by atoms with Crippen LogP contribution in [0.25, 0.3) is 0 Å². The summed E-state index contributed by atoms with van der Waals surface area (Å²) >= 11 is 1.90. The third-order valence-electron chi connectivity index (χ3n) is 1.72. The molecule has 86 valence electrons. The van der Waals surface area contributed by atoms with E-state index in [-0.39, 0.29) is 22.3 Å². The topological polar surface area (TPSA) is 52.6 Å². The molecule has 1 aromatic rings. The van der Waals surface area contributed by atoms with Crippen molar-refractivity contribution in [2.45, 2.75) is 6.92 Å². The van der Waals surface area contributed by atoms with Crippen molar-refractivity contribution in [3.05, 3.63) is 29.8 Å². The molecule has 1 aromatic carbocycles. The molecule has 0 spiro atoms. The Bertz CT molecular complexity index is 389. The van der Waals surface area contributed by atoms with Crippen LogP contribution < -0.4 is 4.74 Å². The summed E-state index contributed by atoms with van der Waals surface area (Å²) in [7, 11) is 0. The molecule has 0 aromatic heterocycles. The van der Waals surface area contributed by atoms with E-state index in [4.69, 9.17) is 9.47 Å². The van der Waals surface area contributed by atoms with E-state index >= 15 is 0 Å². The Kier molecular flexibility index (Phi) is 5.24. The summed E-state index contributed by atoms with van der Waals surface area (Å²) in [5.41, 5.74) is 0.266. The van der Waals surface area contributed by atoms with Crippen LogP contribution in [-0.2, 0) is 9.53 Å². The van der Waals surface area contributed by atoms with Crippen LogP contribution >= 0.6 is 22.6 Å². The minimum Gasteiger partial charge on any atom is -0.462 e. The maximum atomic E-state index is 11.5. The van der Waals surface area contributed by atoms with Crippen LogP contribution in [0, 0.1) is 0 Å². The monoisotopic (exact) mass is 334 g/mol. The first-order chi connectivity index (χ1) is 7.69. The Morgan fingerprint density at radius 3 is 2.62 bits per heavy atom. The number of alkyl halides is 1. The number of rotatable bonds is 4. The van der Waals surface area contributed by atoms with Gasteiger partial charge in [0.25, 0.3) is 0 Å². The van der Waals surface area contributed by atoms with Crippen LogP contribution in [0.2, 0.25) is 0 Å². The molecule has 0 saturated heterocycles. The fourth-order valence-corrected chi connectivity index (χ4v) is 1.24. The first kappa shape index (κ1) is 13.0. The van der Waals surface area contributed by atoms with Gasteiger partial charge in [0.1, 0.15) is 11.3 Å². The van der Waals surface area contributed by atoms with Gasteiger partial charge in [0.2, 0.25) is 0 Å². The average molecular weight is 334 g/mol. The molecule has 0 N–H and O–H groups in total. The van der Waals surface area contributed by atoms with Crippen molar-refractivity contribution >= 4 is 34.5 Å². The Labute approximate surface area is 107 Å². The first-order valence-electron chi connectivity index (χ1n) is 4.71. The Morgan fingerprint density at radius 2 is 2.00 bits per heavy atom. The highest BCUT2D eigenvalue weighted by atomic mass is 127. The molecule has 5 heteroatoms. The second-order valence-electron chi connectivity index (χ2n) is 2.82. The molecular weight excluding hydrogens is 323 g/mol. The Morgan fingerprint density at radius 1 is 1.31 bits per heavy atom. The molecule has 0 amide bonds. The lowest BCUT2D eigenvalue weighted by Crippen LogP contribution is -2.13. The zero-order valence-corrected chi connectivity index (χ0v) is 10.9. The van der Waals surface area contributed by atoms with Crippen molar-refractivity contribution in [2.75, 3.05) is 11.0 Å². The molecule has 4 nitrogen and oxygen atoms in total. The van der Waals surface area contributed by atoms with Crippen molar-refractivity contribution in [2.24, 2.45) is 0 Å². The third kappa shape index (κ3) is 3.48. The highest BCUT2D eigenvalue weighted by molar-refractivity contribution is 14.1. The van der Waals surface area contributed by atoms with E-state index in [1.54, 1.807) is 31.2 Å². The number of ether oxygens (including phenoxy) is 2. The van der Waals surface area contributed by atoms with Crippen LogP contribution in [0.5, 0.6) is 5.75 Å². The summed E-state index contributed by atoms with van der Waals surface area (Å²) < 4.78 is 10.1. The second kappa shape index (κ2) is 6.47. The number of para-hydroxylation sites is 1. The molecule has 0 saturated carbocycles. The molecule has 16 heavy (non-hydrogen) atoms. The standard InChI is InChI=1S/C11H11IO4/c1-2-15-11(14)8-5-3-4-6-9(8)16-10(13)7-12/h3-6H,2,7H2,1H3. The predicted molar refractivity (Wildman–Crippen MR) is 66.9 cm³/mol. The largest absolute Gasteiger partial charge is 0.462 e. The molecule has 0 heterocycles. The van der Waals surface area contributed by atoms with E-state index < -0.39 is 11.9 Å². The molecule has 0 unspecified atom stereocenters. The van der Waals surface area contributed by atoms with Crippen LogP contribution in [-0.4, -0.2) is 23.0 Å². The van der Waals surface area contributed by atoms with Crippen LogP contribution in [0.3, 0.4) is 0 Å². The van der Waals surface area contributed by atoms with Gasteiger partial charge in [-0.25, -0.2) is 4.79 Å². The van der Waals surface area contributed by atoms with Gasteiger partial charge in [-0.3, -0.25) is 4.79 Å². The van der Waals surface area contributed by atoms with E-state index in [9.17, 15) is 9.59 Å². The van der Waals surface area contributed by atoms with Gasteiger partial charge in [-0.15, -0.1) is 0 Å². The van der Waals surface area contributed by atoms with Crippen molar-refractivity contribution < 1.29 is 19.1 Å². The molecule has 0 radical (unpaired) electrons. The van der Waals surface area contributed by atoms with Gasteiger partial charge in [-0.1, -0.05) is 34.7 Å². The van der Waals surface area contributed by atoms with Gasteiger partial charge in [0.05, 0.1) is 11.0 Å². The summed E-state index contributed by atoms with van der Waals surface area (Å²) in [6.07, 6.45) is 0. The molecule has 1 rings (SSSR count). The highest BCUT2D eigenvalue weighted by Gasteiger charge is 2.14. The molecule has 0 aliphatic rings. The molecular formula is C11H11IO4. The van der Waals surface area contributed by atoms with Crippen LogP contribution in [0.1, 0.15) is 17.3 Å². The van der Waals surface area contributed by atoms with Gasteiger partial charge >= 0.3 is 11.9 Å². The lowest BCUT2D eigenvalue weighted by Gasteiger charge is -2.07. The van der Waals surface area contributed by atoms with Gasteiger partial charge < -0.3 is 9.47 Å². The number of halogens is 1. The zero-order valence-electron chi connectivity index (χ0n) is 8.73. The summed E-state index contributed by atoms with van der Waals surface area (Å²) in [6.45, 7) is 2.00. The van der Waals surface area contributed by atoms with E-state index in [1.807, 2.05) is 22.6 Å². The van der Waals surface area contributed by atoms with Gasteiger partial charge in [0, 0.05) is 0 Å². The molecule has 0 aliphatic carbocycles. The number of benzene rings is 1. The van der Waals surface area contributed by atoms with Gasteiger partial charge in [-0.2, -0.15) is 0 Å². The maximum absolute atomic E-state index is 11.5. The van der Waals surface area contributed by atoms with E-state index in [0.29, 0.717) is 0 Å². The quantitative estimate of drug-likeness (QED) is 0.367. The number of carbonyl (C=O) groups excluding carboxylic acids is 2. The molecule has 0 bridgehead atoms. The highest BCUT2D eigenvalue weighted by Crippen LogP contribution is 2.19. The normalized spacial score (nSPS) is 9.62.